The molecule has 1 aromatic heterocycles. The Kier molecular flexibility index (Phi) is 5.78. The highest BCUT2D eigenvalue weighted by Gasteiger charge is 2.25. The molecule has 8 heteroatoms. The number of rotatable bonds is 5. The second kappa shape index (κ2) is 7.86. The minimum Gasteiger partial charge on any atom is -0.391 e. The first-order chi connectivity index (χ1) is 12.0. The van der Waals surface area contributed by atoms with Crippen LogP contribution in [-0.2, 0) is 11.3 Å². The number of aromatic nitrogens is 2. The molecular weight excluding hydrogens is 362 g/mol. The summed E-state index contributed by atoms with van der Waals surface area (Å²) in [5.41, 5.74) is 0.275. The first kappa shape index (κ1) is 18.4. The lowest BCUT2D eigenvalue weighted by Gasteiger charge is -2.28. The maximum atomic E-state index is 12.6. The maximum absolute atomic E-state index is 12.6. The lowest BCUT2D eigenvalue weighted by molar-refractivity contribution is -0.121. The van der Waals surface area contributed by atoms with E-state index in [4.69, 9.17) is 11.6 Å². The summed E-state index contributed by atoms with van der Waals surface area (Å²) in [4.78, 5) is 30.1. The van der Waals surface area contributed by atoms with Crippen LogP contribution < -0.4 is 10.9 Å². The van der Waals surface area contributed by atoms with Crippen molar-refractivity contribution >= 4 is 40.0 Å². The van der Waals surface area contributed by atoms with Gasteiger partial charge in [-0.15, -0.1) is 11.8 Å². The molecular formula is C17H20ClN3O3S. The van der Waals surface area contributed by atoms with Crippen molar-refractivity contribution < 1.29 is 9.90 Å². The number of aliphatic hydroxyl groups is 1. The molecule has 3 rings (SSSR count). The average molecular weight is 382 g/mol. The van der Waals surface area contributed by atoms with Gasteiger partial charge in [0.1, 0.15) is 0 Å². The summed E-state index contributed by atoms with van der Waals surface area (Å²) in [7, 11) is 0. The first-order valence-corrected chi connectivity index (χ1v) is 9.75. The number of carbonyl (C=O) groups excluding carboxylic acids is 1. The topological polar surface area (TPSA) is 84.2 Å². The van der Waals surface area contributed by atoms with Crippen LogP contribution in [0.1, 0.15) is 19.3 Å². The Hall–Kier alpha value is -1.41. The van der Waals surface area contributed by atoms with Crippen LogP contribution in [0.25, 0.3) is 10.9 Å². The van der Waals surface area contributed by atoms with E-state index in [-0.39, 0.29) is 30.3 Å². The standard InChI is InChI=1S/C17H20ClN3O3S/c1-25-16-7-13-11(6-12(16)18)17(24)21(9-20-13)8-10(22)5-14-15(23)3-2-4-19-14/h6-7,9,14-15,19,23H,2-5,8H2,1H3. The number of nitrogens with zero attached hydrogens (tertiary/aromatic N) is 2. The quantitative estimate of drug-likeness (QED) is 0.769. The number of hydrogen-bond acceptors (Lipinski definition) is 6. The highest BCUT2D eigenvalue weighted by atomic mass is 35.5. The minimum absolute atomic E-state index is 0.0609. The zero-order chi connectivity index (χ0) is 18.0. The number of aliphatic hydroxyl groups excluding tert-OH is 1. The van der Waals surface area contributed by atoms with E-state index in [2.05, 4.69) is 10.3 Å². The van der Waals surface area contributed by atoms with Crippen LogP contribution in [0.5, 0.6) is 0 Å². The zero-order valence-electron chi connectivity index (χ0n) is 13.9. The molecule has 2 atom stereocenters. The number of halogens is 1. The molecule has 0 spiro atoms. The van der Waals surface area contributed by atoms with Crippen LogP contribution >= 0.6 is 23.4 Å². The van der Waals surface area contributed by atoms with Crippen LogP contribution in [0, 0.1) is 0 Å². The van der Waals surface area contributed by atoms with Crippen LogP contribution in [0.4, 0.5) is 0 Å². The summed E-state index contributed by atoms with van der Waals surface area (Å²) < 4.78 is 1.30. The summed E-state index contributed by atoms with van der Waals surface area (Å²) in [6.07, 6.45) is 4.56. The fourth-order valence-electron chi connectivity index (χ4n) is 3.07. The van der Waals surface area contributed by atoms with E-state index in [1.54, 1.807) is 12.1 Å². The molecule has 25 heavy (non-hydrogen) atoms. The van der Waals surface area contributed by atoms with E-state index in [0.29, 0.717) is 22.3 Å². The van der Waals surface area contributed by atoms with Crippen LogP contribution in [0.15, 0.2) is 28.2 Å². The summed E-state index contributed by atoms with van der Waals surface area (Å²) in [5.74, 6) is -0.117. The van der Waals surface area contributed by atoms with Crippen molar-refractivity contribution in [2.24, 2.45) is 0 Å². The van der Waals surface area contributed by atoms with Gasteiger partial charge in [0.25, 0.3) is 5.56 Å². The third-order valence-electron chi connectivity index (χ3n) is 4.44. The van der Waals surface area contributed by atoms with Crippen LogP contribution in [-0.4, -0.2) is 45.4 Å². The third kappa shape index (κ3) is 4.06. The SMILES string of the molecule is CSc1cc2ncn(CC(=O)CC3NCCCC3O)c(=O)c2cc1Cl. The number of hydrogen-bond donors (Lipinski definition) is 2. The van der Waals surface area contributed by atoms with Crippen molar-refractivity contribution in [2.45, 2.75) is 42.8 Å². The second-order valence-corrected chi connectivity index (χ2v) is 7.45. The molecule has 2 aromatic rings. The van der Waals surface area contributed by atoms with Gasteiger partial charge in [0, 0.05) is 17.4 Å². The molecule has 2 heterocycles. The average Bonchev–Trinajstić information content (AvgIpc) is 2.59. The molecule has 1 aromatic carbocycles. The molecule has 1 fully saturated rings. The fourth-order valence-corrected chi connectivity index (χ4v) is 3.95. The fraction of sp³-hybridized carbons (Fsp3) is 0.471. The number of fused-ring (bicyclic) bond motifs is 1. The predicted octanol–water partition coefficient (Wildman–Crippen LogP) is 1.84. The first-order valence-electron chi connectivity index (χ1n) is 8.15. The molecule has 1 saturated heterocycles. The molecule has 0 bridgehead atoms. The Morgan fingerprint density at radius 2 is 2.32 bits per heavy atom. The summed E-state index contributed by atoms with van der Waals surface area (Å²) in [6.45, 7) is 0.733. The van der Waals surface area contributed by atoms with Gasteiger partial charge in [-0.3, -0.25) is 14.2 Å². The lowest BCUT2D eigenvalue weighted by atomic mass is 9.97. The van der Waals surface area contributed by atoms with Crippen LogP contribution in [0.2, 0.25) is 5.02 Å². The van der Waals surface area contributed by atoms with Gasteiger partial charge < -0.3 is 10.4 Å². The van der Waals surface area contributed by atoms with Gasteiger partial charge in [0.05, 0.1) is 34.9 Å². The molecule has 2 unspecified atom stereocenters. The molecule has 6 nitrogen and oxygen atoms in total. The van der Waals surface area contributed by atoms with E-state index in [9.17, 15) is 14.7 Å². The van der Waals surface area contributed by atoms with Crippen molar-refractivity contribution in [3.63, 3.8) is 0 Å². The molecule has 1 aliphatic heterocycles. The number of piperidine rings is 1. The minimum atomic E-state index is -0.520. The predicted molar refractivity (Wildman–Crippen MR) is 99.4 cm³/mol. The number of carbonyl (C=O) groups is 1. The molecule has 0 saturated carbocycles. The Morgan fingerprint density at radius 1 is 1.52 bits per heavy atom. The highest BCUT2D eigenvalue weighted by molar-refractivity contribution is 7.98. The number of benzene rings is 1. The number of thioether (sulfide) groups is 1. The molecule has 0 aliphatic carbocycles. The van der Waals surface area contributed by atoms with Gasteiger partial charge in [-0.1, -0.05) is 11.6 Å². The van der Waals surface area contributed by atoms with Gasteiger partial charge in [0.2, 0.25) is 0 Å². The van der Waals surface area contributed by atoms with Gasteiger partial charge in [-0.2, -0.15) is 0 Å². The summed E-state index contributed by atoms with van der Waals surface area (Å²) >= 11 is 7.66. The lowest BCUT2D eigenvalue weighted by Crippen LogP contribution is -2.46. The largest absolute Gasteiger partial charge is 0.391 e. The number of ketones is 1. The van der Waals surface area contributed by atoms with E-state index in [1.165, 1.54) is 22.7 Å². The van der Waals surface area contributed by atoms with Crippen molar-refractivity contribution in [2.75, 3.05) is 12.8 Å². The monoisotopic (exact) mass is 381 g/mol. The normalized spacial score (nSPS) is 20.8. The summed E-state index contributed by atoms with van der Waals surface area (Å²) in [6, 6.07) is 3.13. The zero-order valence-corrected chi connectivity index (χ0v) is 15.4. The van der Waals surface area contributed by atoms with Crippen molar-refractivity contribution in [1.29, 1.82) is 0 Å². The molecule has 2 N–H and O–H groups in total. The van der Waals surface area contributed by atoms with E-state index >= 15 is 0 Å². The van der Waals surface area contributed by atoms with Crippen molar-refractivity contribution in [3.05, 3.63) is 33.8 Å². The molecule has 134 valence electrons. The Bertz CT molecular complexity index is 855. The molecule has 0 radical (unpaired) electrons. The van der Waals surface area contributed by atoms with Gasteiger partial charge in [0.15, 0.2) is 5.78 Å². The van der Waals surface area contributed by atoms with Crippen molar-refractivity contribution in [3.8, 4) is 0 Å². The highest BCUT2D eigenvalue weighted by Crippen LogP contribution is 2.28. The van der Waals surface area contributed by atoms with E-state index in [0.717, 1.165) is 17.9 Å². The maximum Gasteiger partial charge on any atom is 0.261 e. The summed E-state index contributed by atoms with van der Waals surface area (Å²) in [5, 5.41) is 14.0. The van der Waals surface area contributed by atoms with E-state index < -0.39 is 6.10 Å². The third-order valence-corrected chi connectivity index (χ3v) is 5.64. The Labute approximate surface area is 154 Å². The van der Waals surface area contributed by atoms with E-state index in [1.807, 2.05) is 6.26 Å². The van der Waals surface area contributed by atoms with Gasteiger partial charge in [-0.25, -0.2) is 4.98 Å². The molecule has 1 aliphatic rings. The smallest absolute Gasteiger partial charge is 0.261 e. The molecule has 0 amide bonds. The van der Waals surface area contributed by atoms with Gasteiger partial charge in [-0.05, 0) is 37.8 Å². The number of nitrogens with one attached hydrogen (secondary N) is 1. The Morgan fingerprint density at radius 3 is 3.04 bits per heavy atom. The number of Topliss-reactive ketones (excluding diaryl/α,β-unsaturated/α-hetero) is 1. The van der Waals surface area contributed by atoms with Crippen molar-refractivity contribution in [1.82, 2.24) is 14.9 Å². The second-order valence-electron chi connectivity index (χ2n) is 6.19. The van der Waals surface area contributed by atoms with Crippen LogP contribution in [0.3, 0.4) is 0 Å². The Balaban J connectivity index is 1.80. The van der Waals surface area contributed by atoms with Gasteiger partial charge >= 0.3 is 0 Å².